The Balaban J connectivity index is 1.64. The van der Waals surface area contributed by atoms with Crippen LogP contribution in [0.25, 0.3) is 5.57 Å². The van der Waals surface area contributed by atoms with Gasteiger partial charge in [0.15, 0.2) is 0 Å². The Hall–Kier alpha value is -2.80. The first-order valence-electron chi connectivity index (χ1n) is 9.49. The second kappa shape index (κ2) is 8.05. The smallest absolute Gasteiger partial charge is 0.0427 e. The summed E-state index contributed by atoms with van der Waals surface area (Å²) in [5.74, 6) is 0. The maximum absolute atomic E-state index is 2.46. The van der Waals surface area contributed by atoms with Crippen molar-refractivity contribution in [3.63, 3.8) is 0 Å². The molecule has 0 bridgehead atoms. The molecule has 0 saturated heterocycles. The number of rotatable bonds is 5. The van der Waals surface area contributed by atoms with Crippen LogP contribution in [0.4, 0.5) is 0 Å². The Labute approximate surface area is 156 Å². The molecule has 0 radical (unpaired) electrons. The largest absolute Gasteiger partial charge is 0.369 e. The minimum absolute atomic E-state index is 0.932. The molecule has 1 heteroatoms. The zero-order chi connectivity index (χ0) is 17.6. The van der Waals surface area contributed by atoms with E-state index in [0.29, 0.717) is 0 Å². The SMILES string of the molecule is C(=C1CCCc2ccccc21)N(Cc1ccccc1)Cc1ccccc1. The number of nitrogens with zero attached hydrogens (tertiary/aromatic N) is 1. The van der Waals surface area contributed by atoms with Crippen molar-refractivity contribution in [3.8, 4) is 0 Å². The van der Waals surface area contributed by atoms with Crippen LogP contribution >= 0.6 is 0 Å². The van der Waals surface area contributed by atoms with Crippen molar-refractivity contribution in [1.29, 1.82) is 0 Å². The van der Waals surface area contributed by atoms with Crippen molar-refractivity contribution in [1.82, 2.24) is 4.90 Å². The van der Waals surface area contributed by atoms with Gasteiger partial charge in [0.2, 0.25) is 0 Å². The summed E-state index contributed by atoms with van der Waals surface area (Å²) in [6.45, 7) is 1.86. The Morgan fingerprint density at radius 3 is 1.88 bits per heavy atom. The summed E-state index contributed by atoms with van der Waals surface area (Å²) in [7, 11) is 0. The molecule has 0 aliphatic heterocycles. The fourth-order valence-electron chi connectivity index (χ4n) is 3.79. The molecule has 0 atom stereocenters. The van der Waals surface area contributed by atoms with Crippen LogP contribution in [0.15, 0.2) is 91.1 Å². The van der Waals surface area contributed by atoms with Gasteiger partial charge in [-0.25, -0.2) is 0 Å². The van der Waals surface area contributed by atoms with Crippen molar-refractivity contribution < 1.29 is 0 Å². The molecule has 0 amide bonds. The molecule has 0 unspecified atom stereocenters. The average Bonchev–Trinajstić information content (AvgIpc) is 2.70. The topological polar surface area (TPSA) is 3.24 Å². The highest BCUT2D eigenvalue weighted by atomic mass is 15.1. The fourth-order valence-corrected chi connectivity index (χ4v) is 3.79. The lowest BCUT2D eigenvalue weighted by Gasteiger charge is -2.25. The highest BCUT2D eigenvalue weighted by Crippen LogP contribution is 2.31. The molecule has 1 nitrogen and oxygen atoms in total. The standard InChI is InChI=1S/C25H25N/c1-3-10-21(11-4-1)18-26(19-22-12-5-2-6-13-22)20-24-16-9-15-23-14-7-8-17-25(23)24/h1-8,10-14,17,20H,9,15-16,18-19H2. The van der Waals surface area contributed by atoms with Gasteiger partial charge in [-0.1, -0.05) is 84.9 Å². The molecule has 3 aromatic rings. The molecular formula is C25H25N. The Morgan fingerprint density at radius 2 is 1.23 bits per heavy atom. The zero-order valence-corrected chi connectivity index (χ0v) is 15.1. The van der Waals surface area contributed by atoms with Crippen LogP contribution < -0.4 is 0 Å². The molecule has 130 valence electrons. The number of hydrogen-bond acceptors (Lipinski definition) is 1. The maximum atomic E-state index is 2.46. The molecule has 3 aromatic carbocycles. The summed E-state index contributed by atoms with van der Waals surface area (Å²) < 4.78 is 0. The molecule has 0 heterocycles. The first-order valence-corrected chi connectivity index (χ1v) is 9.49. The van der Waals surface area contributed by atoms with Gasteiger partial charge in [0, 0.05) is 19.3 Å². The lowest BCUT2D eigenvalue weighted by molar-refractivity contribution is 0.362. The second-order valence-corrected chi connectivity index (χ2v) is 7.04. The van der Waals surface area contributed by atoms with E-state index in [9.17, 15) is 0 Å². The second-order valence-electron chi connectivity index (χ2n) is 7.04. The summed E-state index contributed by atoms with van der Waals surface area (Å²) in [6.07, 6.45) is 6.01. The van der Waals surface area contributed by atoms with Gasteiger partial charge in [-0.15, -0.1) is 0 Å². The summed E-state index contributed by atoms with van der Waals surface area (Å²) in [4.78, 5) is 2.46. The van der Waals surface area contributed by atoms with E-state index in [-0.39, 0.29) is 0 Å². The molecule has 0 fully saturated rings. The van der Waals surface area contributed by atoms with Crippen LogP contribution in [0, 0.1) is 0 Å². The van der Waals surface area contributed by atoms with Crippen LogP contribution in [0.2, 0.25) is 0 Å². The first kappa shape index (κ1) is 16.7. The quantitative estimate of drug-likeness (QED) is 0.545. The van der Waals surface area contributed by atoms with Gasteiger partial charge in [0.05, 0.1) is 0 Å². The van der Waals surface area contributed by atoms with Gasteiger partial charge in [0.1, 0.15) is 0 Å². The molecule has 4 rings (SSSR count). The third kappa shape index (κ3) is 4.05. The number of fused-ring (bicyclic) bond motifs is 1. The Kier molecular flexibility index (Phi) is 5.16. The summed E-state index contributed by atoms with van der Waals surface area (Å²) in [6, 6.07) is 30.4. The molecule has 0 spiro atoms. The van der Waals surface area contributed by atoms with Gasteiger partial charge in [-0.3, -0.25) is 0 Å². The van der Waals surface area contributed by atoms with Crippen LogP contribution in [0.1, 0.15) is 35.1 Å². The summed E-state index contributed by atoms with van der Waals surface area (Å²) >= 11 is 0. The number of aryl methyl sites for hydroxylation is 1. The Bertz CT molecular complexity index is 823. The van der Waals surface area contributed by atoms with Crippen molar-refractivity contribution in [2.45, 2.75) is 32.4 Å². The van der Waals surface area contributed by atoms with Gasteiger partial charge in [0.25, 0.3) is 0 Å². The van der Waals surface area contributed by atoms with Crippen LogP contribution in [-0.4, -0.2) is 4.90 Å². The fraction of sp³-hybridized carbons (Fsp3) is 0.200. The van der Waals surface area contributed by atoms with Gasteiger partial charge >= 0.3 is 0 Å². The normalized spacial score (nSPS) is 14.8. The molecule has 1 aliphatic rings. The highest BCUT2D eigenvalue weighted by molar-refractivity contribution is 5.69. The number of allylic oxidation sites excluding steroid dienone is 1. The summed E-state index contributed by atoms with van der Waals surface area (Å²) in [5, 5.41) is 0. The van der Waals surface area contributed by atoms with Gasteiger partial charge in [-0.2, -0.15) is 0 Å². The number of hydrogen-bond donors (Lipinski definition) is 0. The lowest BCUT2D eigenvalue weighted by Crippen LogP contribution is -2.18. The van der Waals surface area contributed by atoms with E-state index in [0.717, 1.165) is 19.5 Å². The zero-order valence-electron chi connectivity index (χ0n) is 15.1. The van der Waals surface area contributed by atoms with E-state index in [1.165, 1.54) is 40.7 Å². The Morgan fingerprint density at radius 1 is 0.654 bits per heavy atom. The van der Waals surface area contributed by atoms with Crippen LogP contribution in [-0.2, 0) is 19.5 Å². The van der Waals surface area contributed by atoms with E-state index in [2.05, 4.69) is 96.0 Å². The van der Waals surface area contributed by atoms with Crippen LogP contribution in [0.5, 0.6) is 0 Å². The van der Waals surface area contributed by atoms with Crippen molar-refractivity contribution in [2.75, 3.05) is 0 Å². The van der Waals surface area contributed by atoms with Crippen molar-refractivity contribution in [2.24, 2.45) is 0 Å². The first-order chi connectivity index (χ1) is 12.9. The summed E-state index contributed by atoms with van der Waals surface area (Å²) in [5.41, 5.74) is 7.10. The third-order valence-electron chi connectivity index (χ3n) is 5.05. The van der Waals surface area contributed by atoms with Gasteiger partial charge in [-0.05, 0) is 47.1 Å². The predicted molar refractivity (Wildman–Crippen MR) is 109 cm³/mol. The van der Waals surface area contributed by atoms with Crippen LogP contribution in [0.3, 0.4) is 0 Å². The maximum Gasteiger partial charge on any atom is 0.0427 e. The minimum atomic E-state index is 0.932. The highest BCUT2D eigenvalue weighted by Gasteiger charge is 2.15. The molecule has 1 aliphatic carbocycles. The van der Waals surface area contributed by atoms with E-state index in [4.69, 9.17) is 0 Å². The lowest BCUT2D eigenvalue weighted by atomic mass is 9.88. The van der Waals surface area contributed by atoms with Crippen molar-refractivity contribution in [3.05, 3.63) is 113 Å². The third-order valence-corrected chi connectivity index (χ3v) is 5.05. The van der Waals surface area contributed by atoms with Gasteiger partial charge < -0.3 is 4.90 Å². The predicted octanol–water partition coefficient (Wildman–Crippen LogP) is 6.07. The van der Waals surface area contributed by atoms with E-state index >= 15 is 0 Å². The molecular weight excluding hydrogens is 314 g/mol. The minimum Gasteiger partial charge on any atom is -0.369 e. The van der Waals surface area contributed by atoms with Crippen molar-refractivity contribution >= 4 is 5.57 Å². The van der Waals surface area contributed by atoms with E-state index in [1.54, 1.807) is 0 Å². The van der Waals surface area contributed by atoms with E-state index < -0.39 is 0 Å². The molecule has 0 N–H and O–H groups in total. The molecule has 0 aromatic heterocycles. The average molecular weight is 339 g/mol. The van der Waals surface area contributed by atoms with E-state index in [1.807, 2.05) is 0 Å². The number of benzene rings is 3. The molecule has 26 heavy (non-hydrogen) atoms. The molecule has 0 saturated carbocycles. The monoisotopic (exact) mass is 339 g/mol.